The monoisotopic (exact) mass is 264 g/mol. The minimum Gasteiger partial charge on any atom is -0.381 e. The van der Waals surface area contributed by atoms with Crippen LogP contribution in [-0.4, -0.2) is 28.4 Å². The zero-order valence-electron chi connectivity index (χ0n) is 7.95. The molecule has 0 aromatic carbocycles. The fourth-order valence-electron chi connectivity index (χ4n) is 1.37. The van der Waals surface area contributed by atoms with Gasteiger partial charge in [0.1, 0.15) is 5.03 Å². The summed E-state index contributed by atoms with van der Waals surface area (Å²) in [5, 5.41) is 2.09. The topological polar surface area (TPSA) is 35.0 Å². The number of rotatable bonds is 2. The zero-order chi connectivity index (χ0) is 10.7. The van der Waals surface area contributed by atoms with Crippen molar-refractivity contribution in [3.05, 3.63) is 16.5 Å². The average molecular weight is 265 g/mol. The van der Waals surface area contributed by atoms with E-state index < -0.39 is 0 Å². The first-order valence-electron chi connectivity index (χ1n) is 4.68. The molecular formula is C9H10Cl2N2OS. The maximum absolute atomic E-state index is 5.98. The molecule has 0 amide bonds. The molecule has 0 bridgehead atoms. The number of ether oxygens (including phenoxy) is 1. The van der Waals surface area contributed by atoms with E-state index in [0.29, 0.717) is 10.3 Å². The number of halogens is 2. The Labute approximate surface area is 103 Å². The van der Waals surface area contributed by atoms with Gasteiger partial charge in [0.15, 0.2) is 0 Å². The Balaban J connectivity index is 2.05. The third-order valence-corrected chi connectivity index (χ3v) is 4.04. The normalized spacial score (nSPS) is 18.0. The standard InChI is InChI=1S/C9H10Cl2N2OS/c10-7-5-12-9(11)13-8(7)15-6-1-3-14-4-2-6/h5-6H,1-4H2. The van der Waals surface area contributed by atoms with Crippen LogP contribution in [0.2, 0.25) is 10.3 Å². The van der Waals surface area contributed by atoms with E-state index >= 15 is 0 Å². The molecule has 0 saturated carbocycles. The van der Waals surface area contributed by atoms with Crippen molar-refractivity contribution in [2.45, 2.75) is 23.1 Å². The SMILES string of the molecule is Clc1ncc(Cl)c(SC2CCOCC2)n1. The first-order valence-corrected chi connectivity index (χ1v) is 6.31. The van der Waals surface area contributed by atoms with Gasteiger partial charge in [-0.2, -0.15) is 0 Å². The maximum Gasteiger partial charge on any atom is 0.223 e. The summed E-state index contributed by atoms with van der Waals surface area (Å²) in [7, 11) is 0. The van der Waals surface area contributed by atoms with Crippen LogP contribution in [0.5, 0.6) is 0 Å². The van der Waals surface area contributed by atoms with Crippen LogP contribution in [0.4, 0.5) is 0 Å². The van der Waals surface area contributed by atoms with Gasteiger partial charge >= 0.3 is 0 Å². The molecule has 0 atom stereocenters. The highest BCUT2D eigenvalue weighted by atomic mass is 35.5. The van der Waals surface area contributed by atoms with Crippen molar-refractivity contribution in [1.29, 1.82) is 0 Å². The summed E-state index contributed by atoms with van der Waals surface area (Å²) < 4.78 is 5.29. The molecule has 0 radical (unpaired) electrons. The molecule has 2 heterocycles. The zero-order valence-corrected chi connectivity index (χ0v) is 10.3. The number of hydrogen-bond acceptors (Lipinski definition) is 4. The molecule has 3 nitrogen and oxygen atoms in total. The van der Waals surface area contributed by atoms with E-state index in [4.69, 9.17) is 27.9 Å². The molecule has 1 saturated heterocycles. The lowest BCUT2D eigenvalue weighted by Gasteiger charge is -2.21. The van der Waals surface area contributed by atoms with Crippen LogP contribution >= 0.6 is 35.0 Å². The van der Waals surface area contributed by atoms with Gasteiger partial charge in [0.2, 0.25) is 5.28 Å². The first-order chi connectivity index (χ1) is 7.25. The highest BCUT2D eigenvalue weighted by Gasteiger charge is 2.17. The van der Waals surface area contributed by atoms with Gasteiger partial charge in [-0.15, -0.1) is 11.8 Å². The van der Waals surface area contributed by atoms with Gasteiger partial charge in [-0.05, 0) is 24.4 Å². The molecule has 1 aromatic heterocycles. The van der Waals surface area contributed by atoms with E-state index in [1.54, 1.807) is 18.0 Å². The summed E-state index contributed by atoms with van der Waals surface area (Å²) >= 11 is 13.4. The quantitative estimate of drug-likeness (QED) is 0.608. The van der Waals surface area contributed by atoms with Crippen molar-refractivity contribution >= 4 is 35.0 Å². The van der Waals surface area contributed by atoms with E-state index in [1.807, 2.05) is 0 Å². The fraction of sp³-hybridized carbons (Fsp3) is 0.556. The Hall–Kier alpha value is -0.0300. The summed E-state index contributed by atoms with van der Waals surface area (Å²) in [6.07, 6.45) is 3.60. The van der Waals surface area contributed by atoms with Gasteiger partial charge in [0.05, 0.1) is 11.2 Å². The summed E-state index contributed by atoms with van der Waals surface area (Å²) in [5.74, 6) is 0. The van der Waals surface area contributed by atoms with Crippen LogP contribution in [0.1, 0.15) is 12.8 Å². The van der Waals surface area contributed by atoms with E-state index in [9.17, 15) is 0 Å². The van der Waals surface area contributed by atoms with E-state index in [1.165, 1.54) is 0 Å². The van der Waals surface area contributed by atoms with Crippen molar-refractivity contribution < 1.29 is 4.74 Å². The Bertz CT molecular complexity index is 345. The van der Waals surface area contributed by atoms with Gasteiger partial charge in [-0.25, -0.2) is 9.97 Å². The molecule has 1 aromatic rings. The third kappa shape index (κ3) is 3.21. The van der Waals surface area contributed by atoms with Crippen LogP contribution in [0.15, 0.2) is 11.2 Å². The van der Waals surface area contributed by atoms with Gasteiger partial charge in [0.25, 0.3) is 0 Å². The summed E-state index contributed by atoms with van der Waals surface area (Å²) in [5.41, 5.74) is 0. The molecule has 15 heavy (non-hydrogen) atoms. The summed E-state index contributed by atoms with van der Waals surface area (Å²) in [6.45, 7) is 1.63. The van der Waals surface area contributed by atoms with Crippen LogP contribution < -0.4 is 0 Å². The van der Waals surface area contributed by atoms with Crippen molar-refractivity contribution in [2.24, 2.45) is 0 Å². The van der Waals surface area contributed by atoms with Crippen LogP contribution in [0.3, 0.4) is 0 Å². The van der Waals surface area contributed by atoms with E-state index in [0.717, 1.165) is 31.1 Å². The Morgan fingerprint density at radius 1 is 1.33 bits per heavy atom. The van der Waals surface area contributed by atoms with Crippen molar-refractivity contribution in [3.8, 4) is 0 Å². The first kappa shape index (κ1) is 11.5. The second-order valence-corrected chi connectivity index (χ2v) is 5.26. The lowest BCUT2D eigenvalue weighted by Crippen LogP contribution is -2.17. The highest BCUT2D eigenvalue weighted by Crippen LogP contribution is 2.32. The lowest BCUT2D eigenvalue weighted by molar-refractivity contribution is 0.1000. The molecular weight excluding hydrogens is 255 g/mol. The fourth-order valence-corrected chi connectivity index (χ4v) is 2.82. The van der Waals surface area contributed by atoms with Gasteiger partial charge in [0, 0.05) is 18.5 Å². The predicted molar refractivity (Wildman–Crippen MR) is 61.8 cm³/mol. The molecule has 2 rings (SSSR count). The third-order valence-electron chi connectivity index (χ3n) is 2.13. The minimum atomic E-state index is 0.244. The van der Waals surface area contributed by atoms with Crippen molar-refractivity contribution in [2.75, 3.05) is 13.2 Å². The second kappa shape index (κ2) is 5.34. The molecule has 1 fully saturated rings. The summed E-state index contributed by atoms with van der Waals surface area (Å²) in [4.78, 5) is 7.93. The predicted octanol–water partition coefficient (Wildman–Crippen LogP) is 3.05. The van der Waals surface area contributed by atoms with Crippen LogP contribution in [0.25, 0.3) is 0 Å². The number of hydrogen-bond donors (Lipinski definition) is 0. The maximum atomic E-state index is 5.98. The van der Waals surface area contributed by atoms with Crippen LogP contribution in [-0.2, 0) is 4.74 Å². The number of nitrogens with zero attached hydrogens (tertiary/aromatic N) is 2. The van der Waals surface area contributed by atoms with Gasteiger partial charge in [-0.3, -0.25) is 0 Å². The van der Waals surface area contributed by atoms with Gasteiger partial charge in [-0.1, -0.05) is 11.6 Å². The smallest absolute Gasteiger partial charge is 0.223 e. The Kier molecular flexibility index (Phi) is 4.08. The average Bonchev–Trinajstić information content (AvgIpc) is 2.25. The minimum absolute atomic E-state index is 0.244. The van der Waals surface area contributed by atoms with E-state index in [2.05, 4.69) is 9.97 Å². The Morgan fingerprint density at radius 2 is 2.07 bits per heavy atom. The van der Waals surface area contributed by atoms with Crippen molar-refractivity contribution in [3.63, 3.8) is 0 Å². The number of thioether (sulfide) groups is 1. The largest absolute Gasteiger partial charge is 0.381 e. The molecule has 0 unspecified atom stereocenters. The van der Waals surface area contributed by atoms with Gasteiger partial charge < -0.3 is 4.74 Å². The van der Waals surface area contributed by atoms with Crippen molar-refractivity contribution in [1.82, 2.24) is 9.97 Å². The number of aromatic nitrogens is 2. The molecule has 82 valence electrons. The molecule has 0 spiro atoms. The molecule has 1 aliphatic rings. The summed E-state index contributed by atoms with van der Waals surface area (Å²) in [6, 6.07) is 0. The second-order valence-electron chi connectivity index (χ2n) is 3.22. The molecule has 1 aliphatic heterocycles. The molecule has 0 N–H and O–H groups in total. The molecule has 6 heteroatoms. The Morgan fingerprint density at radius 3 is 2.80 bits per heavy atom. The van der Waals surface area contributed by atoms with E-state index in [-0.39, 0.29) is 5.28 Å². The lowest BCUT2D eigenvalue weighted by atomic mass is 10.2. The van der Waals surface area contributed by atoms with Crippen LogP contribution in [0, 0.1) is 0 Å². The highest BCUT2D eigenvalue weighted by molar-refractivity contribution is 8.00. The molecule has 0 aliphatic carbocycles.